The molecule has 0 aromatic heterocycles. The van der Waals surface area contributed by atoms with Crippen molar-refractivity contribution >= 4 is 0 Å². The van der Waals surface area contributed by atoms with Crippen molar-refractivity contribution in [1.29, 1.82) is 0 Å². The van der Waals surface area contributed by atoms with Crippen molar-refractivity contribution < 1.29 is 4.84 Å². The summed E-state index contributed by atoms with van der Waals surface area (Å²) >= 11 is 0. The lowest BCUT2D eigenvalue weighted by molar-refractivity contribution is -0.283. The third-order valence-electron chi connectivity index (χ3n) is 2.75. The monoisotopic (exact) mass is 249 g/mol. The van der Waals surface area contributed by atoms with Crippen LogP contribution >= 0.6 is 0 Å². The van der Waals surface area contributed by atoms with Crippen LogP contribution < -0.4 is 0 Å². The summed E-state index contributed by atoms with van der Waals surface area (Å²) in [6.07, 6.45) is 0.0599. The minimum absolute atomic E-state index is 0.0265. The van der Waals surface area contributed by atoms with E-state index in [9.17, 15) is 0 Å². The zero-order valence-corrected chi connectivity index (χ0v) is 12.8. The van der Waals surface area contributed by atoms with Crippen molar-refractivity contribution in [3.8, 4) is 0 Å². The van der Waals surface area contributed by atoms with Crippen LogP contribution in [0, 0.1) is 0 Å². The molecule has 0 fully saturated rings. The molecule has 0 amide bonds. The molecular formula is C16H27NO. The molecule has 1 aromatic carbocycles. The average Bonchev–Trinajstić information content (AvgIpc) is 2.23. The second-order valence-corrected chi connectivity index (χ2v) is 6.79. The van der Waals surface area contributed by atoms with Gasteiger partial charge in [-0.25, -0.2) is 0 Å². The minimum Gasteiger partial charge on any atom is -0.290 e. The molecule has 0 spiro atoms. The summed E-state index contributed by atoms with van der Waals surface area (Å²) in [4.78, 5) is 6.20. The summed E-state index contributed by atoms with van der Waals surface area (Å²) in [5, 5.41) is 2.09. The molecule has 0 saturated carbocycles. The highest BCUT2D eigenvalue weighted by atomic mass is 16.7. The summed E-state index contributed by atoms with van der Waals surface area (Å²) in [7, 11) is 0. The smallest absolute Gasteiger partial charge is 0.101 e. The summed E-state index contributed by atoms with van der Waals surface area (Å²) < 4.78 is 0. The van der Waals surface area contributed by atoms with E-state index in [1.165, 1.54) is 5.56 Å². The molecule has 0 heterocycles. The van der Waals surface area contributed by atoms with E-state index in [2.05, 4.69) is 65.7 Å². The van der Waals surface area contributed by atoms with Gasteiger partial charge in [-0.2, -0.15) is 5.06 Å². The third-order valence-corrected chi connectivity index (χ3v) is 2.75. The van der Waals surface area contributed by atoms with E-state index in [4.69, 9.17) is 4.84 Å². The molecular weight excluding hydrogens is 222 g/mol. The lowest BCUT2D eigenvalue weighted by atomic mass is 10.00. The van der Waals surface area contributed by atoms with E-state index < -0.39 is 0 Å². The highest BCUT2D eigenvalue weighted by Gasteiger charge is 2.34. The van der Waals surface area contributed by atoms with Gasteiger partial charge in [0.05, 0.1) is 0 Å². The van der Waals surface area contributed by atoms with Crippen LogP contribution in [-0.4, -0.2) is 16.1 Å². The quantitative estimate of drug-likeness (QED) is 0.727. The number of benzene rings is 1. The fraction of sp³-hybridized carbons (Fsp3) is 0.625. The SMILES string of the molecule is CC(ON(C(C)(C)C)C(C)(C)C)c1ccccc1. The average molecular weight is 249 g/mol. The maximum Gasteiger partial charge on any atom is 0.101 e. The minimum atomic E-state index is -0.0265. The number of hydrogen-bond acceptors (Lipinski definition) is 2. The van der Waals surface area contributed by atoms with Gasteiger partial charge in [0.1, 0.15) is 6.10 Å². The van der Waals surface area contributed by atoms with Crippen molar-refractivity contribution in [2.24, 2.45) is 0 Å². The number of hydroxylamine groups is 2. The molecule has 2 nitrogen and oxygen atoms in total. The highest BCUT2D eigenvalue weighted by molar-refractivity contribution is 5.16. The first-order chi connectivity index (χ1) is 8.12. The Morgan fingerprint density at radius 1 is 0.889 bits per heavy atom. The van der Waals surface area contributed by atoms with Crippen LogP contribution in [0.3, 0.4) is 0 Å². The van der Waals surface area contributed by atoms with Gasteiger partial charge in [-0.15, -0.1) is 0 Å². The van der Waals surface area contributed by atoms with Gasteiger partial charge in [0.15, 0.2) is 0 Å². The number of rotatable bonds is 3. The molecule has 0 bridgehead atoms. The predicted octanol–water partition coefficient (Wildman–Crippen LogP) is 4.58. The van der Waals surface area contributed by atoms with Gasteiger partial charge >= 0.3 is 0 Å². The van der Waals surface area contributed by atoms with E-state index >= 15 is 0 Å². The molecule has 1 unspecified atom stereocenters. The zero-order chi connectivity index (χ0) is 14.0. The van der Waals surface area contributed by atoms with E-state index in [0.717, 1.165) is 0 Å². The fourth-order valence-corrected chi connectivity index (χ4v) is 2.27. The third kappa shape index (κ3) is 4.11. The normalized spacial score (nSPS) is 14.9. The zero-order valence-electron chi connectivity index (χ0n) is 12.8. The molecule has 1 rings (SSSR count). The Bertz CT molecular complexity index is 345. The Labute approximate surface area is 112 Å². The van der Waals surface area contributed by atoms with Crippen LogP contribution in [0.25, 0.3) is 0 Å². The van der Waals surface area contributed by atoms with Crippen LogP contribution in [0.1, 0.15) is 60.1 Å². The van der Waals surface area contributed by atoms with Crippen LogP contribution in [0.4, 0.5) is 0 Å². The summed E-state index contributed by atoms with van der Waals surface area (Å²) in [6.45, 7) is 15.2. The molecule has 0 N–H and O–H groups in total. The predicted molar refractivity (Wildman–Crippen MR) is 77.3 cm³/mol. The molecule has 1 atom stereocenters. The van der Waals surface area contributed by atoms with E-state index in [1.807, 2.05) is 18.2 Å². The Hall–Kier alpha value is -0.860. The summed E-state index contributed by atoms with van der Waals surface area (Å²) in [5.41, 5.74) is 1.15. The topological polar surface area (TPSA) is 12.5 Å². The van der Waals surface area contributed by atoms with E-state index in [1.54, 1.807) is 0 Å². The van der Waals surface area contributed by atoms with E-state index in [0.29, 0.717) is 0 Å². The van der Waals surface area contributed by atoms with Gasteiger partial charge < -0.3 is 0 Å². The summed E-state index contributed by atoms with van der Waals surface area (Å²) in [5.74, 6) is 0. The molecule has 0 saturated heterocycles. The van der Waals surface area contributed by atoms with Gasteiger partial charge in [-0.1, -0.05) is 30.3 Å². The molecule has 2 heteroatoms. The second-order valence-electron chi connectivity index (χ2n) is 6.79. The van der Waals surface area contributed by atoms with Crippen LogP contribution in [-0.2, 0) is 4.84 Å². The Morgan fingerprint density at radius 3 is 1.72 bits per heavy atom. The van der Waals surface area contributed by atoms with E-state index in [-0.39, 0.29) is 17.2 Å². The van der Waals surface area contributed by atoms with Gasteiger partial charge in [0, 0.05) is 11.1 Å². The van der Waals surface area contributed by atoms with Crippen molar-refractivity contribution in [2.45, 2.75) is 65.6 Å². The lowest BCUT2D eigenvalue weighted by Crippen LogP contribution is -2.52. The fourth-order valence-electron chi connectivity index (χ4n) is 2.27. The number of hydrogen-bond donors (Lipinski definition) is 0. The van der Waals surface area contributed by atoms with Crippen molar-refractivity contribution in [2.75, 3.05) is 0 Å². The standard InChI is InChI=1S/C16H27NO/c1-13(14-11-9-8-10-12-14)18-17(15(2,3)4)16(5,6)7/h8-13H,1-7H3. The molecule has 0 aliphatic rings. The molecule has 18 heavy (non-hydrogen) atoms. The first-order valence-corrected chi connectivity index (χ1v) is 6.64. The van der Waals surface area contributed by atoms with Gasteiger partial charge in [0.2, 0.25) is 0 Å². The second kappa shape index (κ2) is 5.41. The first kappa shape index (κ1) is 15.2. The highest BCUT2D eigenvalue weighted by Crippen LogP contribution is 2.29. The van der Waals surface area contributed by atoms with Crippen LogP contribution in [0.15, 0.2) is 30.3 Å². The maximum absolute atomic E-state index is 6.20. The van der Waals surface area contributed by atoms with Crippen molar-refractivity contribution in [3.63, 3.8) is 0 Å². The largest absolute Gasteiger partial charge is 0.290 e. The Kier molecular flexibility index (Phi) is 4.57. The molecule has 1 aromatic rings. The lowest BCUT2D eigenvalue weighted by Gasteiger charge is -2.45. The number of nitrogens with zero attached hydrogens (tertiary/aromatic N) is 1. The molecule has 102 valence electrons. The Morgan fingerprint density at radius 2 is 1.33 bits per heavy atom. The summed E-state index contributed by atoms with van der Waals surface area (Å²) in [6, 6.07) is 10.3. The van der Waals surface area contributed by atoms with Gasteiger partial charge in [-0.3, -0.25) is 4.84 Å². The van der Waals surface area contributed by atoms with Crippen molar-refractivity contribution in [3.05, 3.63) is 35.9 Å². The maximum atomic E-state index is 6.20. The van der Waals surface area contributed by atoms with Crippen molar-refractivity contribution in [1.82, 2.24) is 5.06 Å². The molecule has 0 aliphatic carbocycles. The van der Waals surface area contributed by atoms with Gasteiger partial charge in [-0.05, 0) is 54.0 Å². The molecule has 0 radical (unpaired) electrons. The van der Waals surface area contributed by atoms with Crippen LogP contribution in [0.2, 0.25) is 0 Å². The first-order valence-electron chi connectivity index (χ1n) is 6.64. The van der Waals surface area contributed by atoms with Gasteiger partial charge in [0.25, 0.3) is 0 Å². The Balaban J connectivity index is 2.86. The molecule has 0 aliphatic heterocycles. The van der Waals surface area contributed by atoms with Crippen LogP contribution in [0.5, 0.6) is 0 Å².